The molecule has 2 amide bonds. The first kappa shape index (κ1) is 13.4. The number of hydrogen-bond donors (Lipinski definition) is 3. The molecule has 0 aliphatic carbocycles. The van der Waals surface area contributed by atoms with Crippen molar-refractivity contribution in [2.75, 3.05) is 10.6 Å². The van der Waals surface area contributed by atoms with Crippen molar-refractivity contribution in [2.45, 2.75) is 19.9 Å². The quantitative estimate of drug-likeness (QED) is 0.782. The number of amides is 2. The van der Waals surface area contributed by atoms with Crippen LogP contribution in [0.1, 0.15) is 16.7 Å². The summed E-state index contributed by atoms with van der Waals surface area (Å²) in [5, 5.41) is 5.89. The van der Waals surface area contributed by atoms with Gasteiger partial charge in [0, 0.05) is 27.7 Å². The molecule has 0 spiro atoms. The van der Waals surface area contributed by atoms with Gasteiger partial charge in [-0.15, -0.1) is 11.3 Å². The van der Waals surface area contributed by atoms with E-state index in [1.165, 1.54) is 9.75 Å². The maximum absolute atomic E-state index is 10.8. The largest absolute Gasteiger partial charge is 0.380 e. The fourth-order valence-corrected chi connectivity index (χ4v) is 2.64. The molecule has 0 atom stereocenters. The van der Waals surface area contributed by atoms with Crippen LogP contribution in [0.2, 0.25) is 0 Å². The van der Waals surface area contributed by atoms with Gasteiger partial charge in [-0.2, -0.15) is 0 Å². The lowest BCUT2D eigenvalue weighted by Crippen LogP contribution is -2.19. The van der Waals surface area contributed by atoms with Gasteiger partial charge in [-0.3, -0.25) is 0 Å². The fourth-order valence-electron chi connectivity index (χ4n) is 1.75. The van der Waals surface area contributed by atoms with Gasteiger partial charge < -0.3 is 16.4 Å². The summed E-state index contributed by atoms with van der Waals surface area (Å²) < 4.78 is 0. The van der Waals surface area contributed by atoms with Crippen LogP contribution in [-0.2, 0) is 13.0 Å². The molecule has 0 bridgehead atoms. The summed E-state index contributed by atoms with van der Waals surface area (Å²) in [6, 6.07) is 11.2. The van der Waals surface area contributed by atoms with E-state index in [-0.39, 0.29) is 0 Å². The van der Waals surface area contributed by atoms with Gasteiger partial charge in [0.15, 0.2) is 0 Å². The van der Waals surface area contributed by atoms with E-state index in [2.05, 4.69) is 29.7 Å². The van der Waals surface area contributed by atoms with Gasteiger partial charge in [-0.25, -0.2) is 4.79 Å². The maximum Gasteiger partial charge on any atom is 0.316 e. The van der Waals surface area contributed by atoms with Crippen LogP contribution in [0.4, 0.5) is 16.2 Å². The molecule has 0 aliphatic heterocycles. The summed E-state index contributed by atoms with van der Waals surface area (Å²) in [6.07, 6.45) is 1.07. The van der Waals surface area contributed by atoms with Crippen molar-refractivity contribution < 1.29 is 4.79 Å². The summed E-state index contributed by atoms with van der Waals surface area (Å²) >= 11 is 1.81. The maximum atomic E-state index is 10.8. The molecule has 1 aromatic heterocycles. The van der Waals surface area contributed by atoms with Crippen molar-refractivity contribution in [2.24, 2.45) is 5.73 Å². The molecule has 2 rings (SSSR count). The van der Waals surface area contributed by atoms with Crippen molar-refractivity contribution in [1.29, 1.82) is 0 Å². The monoisotopic (exact) mass is 275 g/mol. The average Bonchev–Trinajstić information content (AvgIpc) is 2.84. The number of nitrogens with two attached hydrogens (primary N) is 1. The molecular weight excluding hydrogens is 258 g/mol. The van der Waals surface area contributed by atoms with Crippen LogP contribution in [0, 0.1) is 0 Å². The molecule has 5 heteroatoms. The minimum Gasteiger partial charge on any atom is -0.380 e. The van der Waals surface area contributed by atoms with Crippen LogP contribution < -0.4 is 16.4 Å². The van der Waals surface area contributed by atoms with Crippen molar-refractivity contribution in [3.05, 3.63) is 46.2 Å². The SMILES string of the molecule is CCc1ccc(CNc2cccc(NC(N)=O)c2)s1. The van der Waals surface area contributed by atoms with Crippen molar-refractivity contribution >= 4 is 28.7 Å². The number of aryl methyl sites for hydroxylation is 1. The highest BCUT2D eigenvalue weighted by molar-refractivity contribution is 7.12. The Labute approximate surface area is 116 Å². The van der Waals surface area contributed by atoms with Gasteiger partial charge in [0.2, 0.25) is 0 Å². The Kier molecular flexibility index (Phi) is 4.41. The first-order chi connectivity index (χ1) is 9.17. The van der Waals surface area contributed by atoms with Crippen LogP contribution in [0.3, 0.4) is 0 Å². The number of carbonyl (C=O) groups is 1. The topological polar surface area (TPSA) is 67.2 Å². The second-order valence-electron chi connectivity index (χ2n) is 4.15. The average molecular weight is 275 g/mol. The van der Waals surface area contributed by atoms with Gasteiger partial charge in [-0.05, 0) is 36.8 Å². The van der Waals surface area contributed by atoms with Crippen LogP contribution in [-0.4, -0.2) is 6.03 Å². The predicted octanol–water partition coefficient (Wildman–Crippen LogP) is 3.41. The molecule has 2 aromatic rings. The molecule has 0 fully saturated rings. The van der Waals surface area contributed by atoms with E-state index in [0.29, 0.717) is 5.69 Å². The number of rotatable bonds is 5. The summed E-state index contributed by atoms with van der Waals surface area (Å²) in [6.45, 7) is 2.94. The summed E-state index contributed by atoms with van der Waals surface area (Å²) in [7, 11) is 0. The molecule has 1 heterocycles. The smallest absolute Gasteiger partial charge is 0.316 e. The summed E-state index contributed by atoms with van der Waals surface area (Å²) in [5.74, 6) is 0. The first-order valence-corrected chi connectivity index (χ1v) is 6.97. The summed E-state index contributed by atoms with van der Waals surface area (Å²) in [5.41, 5.74) is 6.74. The molecule has 1 aromatic carbocycles. The molecular formula is C14H17N3OS. The lowest BCUT2D eigenvalue weighted by atomic mass is 10.2. The zero-order chi connectivity index (χ0) is 13.7. The molecule has 4 nitrogen and oxygen atoms in total. The predicted molar refractivity (Wildman–Crippen MR) is 80.7 cm³/mol. The molecule has 4 N–H and O–H groups in total. The highest BCUT2D eigenvalue weighted by Gasteiger charge is 2.00. The van der Waals surface area contributed by atoms with E-state index in [1.807, 2.05) is 29.5 Å². The van der Waals surface area contributed by atoms with Crippen molar-refractivity contribution in [3.63, 3.8) is 0 Å². The third-order valence-electron chi connectivity index (χ3n) is 2.66. The normalized spacial score (nSPS) is 10.2. The number of carbonyl (C=O) groups excluding carboxylic acids is 1. The number of benzene rings is 1. The minimum absolute atomic E-state index is 0.553. The zero-order valence-corrected chi connectivity index (χ0v) is 11.6. The highest BCUT2D eigenvalue weighted by Crippen LogP contribution is 2.20. The van der Waals surface area contributed by atoms with E-state index < -0.39 is 6.03 Å². The number of nitrogens with one attached hydrogen (secondary N) is 2. The number of anilines is 2. The zero-order valence-electron chi connectivity index (χ0n) is 10.8. The van der Waals surface area contributed by atoms with Crippen LogP contribution in [0.15, 0.2) is 36.4 Å². The Bertz CT molecular complexity index is 565. The van der Waals surface area contributed by atoms with E-state index in [4.69, 9.17) is 5.73 Å². The van der Waals surface area contributed by atoms with Crippen LogP contribution in [0.5, 0.6) is 0 Å². The second kappa shape index (κ2) is 6.24. The number of urea groups is 1. The molecule has 0 aliphatic rings. The van der Waals surface area contributed by atoms with E-state index in [9.17, 15) is 4.79 Å². The number of hydrogen-bond acceptors (Lipinski definition) is 3. The van der Waals surface area contributed by atoms with Crippen LogP contribution in [0.25, 0.3) is 0 Å². The Morgan fingerprint density at radius 3 is 2.63 bits per heavy atom. The third-order valence-corrected chi connectivity index (χ3v) is 3.89. The van der Waals surface area contributed by atoms with Crippen molar-refractivity contribution in [1.82, 2.24) is 0 Å². The van der Waals surface area contributed by atoms with Crippen LogP contribution >= 0.6 is 11.3 Å². The molecule has 19 heavy (non-hydrogen) atoms. The molecule has 100 valence electrons. The van der Waals surface area contributed by atoms with Gasteiger partial charge in [-0.1, -0.05) is 13.0 Å². The molecule has 0 unspecified atom stereocenters. The van der Waals surface area contributed by atoms with Gasteiger partial charge >= 0.3 is 6.03 Å². The highest BCUT2D eigenvalue weighted by atomic mass is 32.1. The minimum atomic E-state index is -0.553. The molecule has 0 radical (unpaired) electrons. The lowest BCUT2D eigenvalue weighted by Gasteiger charge is -2.07. The second-order valence-corrected chi connectivity index (χ2v) is 5.40. The van der Waals surface area contributed by atoms with Gasteiger partial charge in [0.05, 0.1) is 0 Å². The molecule has 0 saturated carbocycles. The third kappa shape index (κ3) is 3.99. The number of thiophene rings is 1. The Morgan fingerprint density at radius 2 is 1.95 bits per heavy atom. The first-order valence-electron chi connectivity index (χ1n) is 6.15. The summed E-state index contributed by atoms with van der Waals surface area (Å²) in [4.78, 5) is 13.5. The fraction of sp³-hybridized carbons (Fsp3) is 0.214. The number of primary amides is 1. The standard InChI is InChI=1S/C14H17N3OS/c1-2-12-6-7-13(19-12)9-16-10-4-3-5-11(8-10)17-14(15)18/h3-8,16H,2,9H2,1H3,(H3,15,17,18). The molecule has 0 saturated heterocycles. The van der Waals surface area contributed by atoms with Gasteiger partial charge in [0.25, 0.3) is 0 Å². The van der Waals surface area contributed by atoms with Crippen molar-refractivity contribution in [3.8, 4) is 0 Å². The lowest BCUT2D eigenvalue weighted by molar-refractivity contribution is 0.259. The van der Waals surface area contributed by atoms with Gasteiger partial charge in [0.1, 0.15) is 0 Å². The van der Waals surface area contributed by atoms with E-state index in [0.717, 1.165) is 18.7 Å². The Morgan fingerprint density at radius 1 is 1.21 bits per heavy atom. The van der Waals surface area contributed by atoms with E-state index >= 15 is 0 Å². The Balaban J connectivity index is 1.97. The van der Waals surface area contributed by atoms with E-state index in [1.54, 1.807) is 6.07 Å². The Hall–Kier alpha value is -2.01.